The Bertz CT molecular complexity index is 953. The number of nitrogens with zero attached hydrogens (tertiary/aromatic N) is 2. The summed E-state index contributed by atoms with van der Waals surface area (Å²) in [7, 11) is 0. The molecular weight excluding hydrogens is 332 g/mol. The molecule has 3 aromatic rings. The van der Waals surface area contributed by atoms with E-state index in [4.69, 9.17) is 0 Å². The average Bonchev–Trinajstić information content (AvgIpc) is 3.12. The van der Waals surface area contributed by atoms with Crippen LogP contribution in [-0.4, -0.2) is 15.4 Å². The van der Waals surface area contributed by atoms with Crippen LogP contribution in [0.2, 0.25) is 0 Å². The molecule has 0 bridgehead atoms. The van der Waals surface area contributed by atoms with Gasteiger partial charge in [0.05, 0.1) is 11.7 Å². The Morgan fingerprint density at radius 1 is 1.04 bits per heavy atom. The van der Waals surface area contributed by atoms with Crippen LogP contribution in [0.5, 0.6) is 0 Å². The predicted molar refractivity (Wildman–Crippen MR) is 109 cm³/mol. The van der Waals surface area contributed by atoms with Crippen molar-refractivity contribution in [3.8, 4) is 5.69 Å². The number of para-hydroxylation sites is 1. The molecule has 0 aliphatic carbocycles. The van der Waals surface area contributed by atoms with Gasteiger partial charge in [0.25, 0.3) is 0 Å². The number of fused-ring (bicyclic) bond motifs is 3. The van der Waals surface area contributed by atoms with Gasteiger partial charge in [-0.3, -0.25) is 4.79 Å². The Morgan fingerprint density at radius 2 is 1.78 bits per heavy atom. The number of benzene rings is 2. The minimum atomic E-state index is -0.0823. The van der Waals surface area contributed by atoms with Crippen LogP contribution in [0, 0.1) is 0 Å². The number of carbonyl (C=O) groups excluding carboxylic acids is 1. The topological polar surface area (TPSA) is 25.2 Å². The zero-order valence-corrected chi connectivity index (χ0v) is 16.2. The second-order valence-corrected chi connectivity index (χ2v) is 7.53. The second kappa shape index (κ2) is 7.07. The highest BCUT2D eigenvalue weighted by Gasteiger charge is 2.32. The summed E-state index contributed by atoms with van der Waals surface area (Å²) in [4.78, 5) is 15.0. The van der Waals surface area contributed by atoms with Crippen molar-refractivity contribution in [2.45, 2.75) is 45.7 Å². The van der Waals surface area contributed by atoms with Gasteiger partial charge in [0.2, 0.25) is 5.91 Å². The third-order valence-corrected chi connectivity index (χ3v) is 5.51. The molecule has 1 aliphatic heterocycles. The Kier molecular flexibility index (Phi) is 4.61. The monoisotopic (exact) mass is 358 g/mol. The largest absolute Gasteiger partial charge is 0.326 e. The minimum Gasteiger partial charge on any atom is -0.326 e. The van der Waals surface area contributed by atoms with Gasteiger partial charge in [-0.1, -0.05) is 63.2 Å². The smallest absolute Gasteiger partial charge is 0.223 e. The lowest BCUT2D eigenvalue weighted by Gasteiger charge is -2.31. The van der Waals surface area contributed by atoms with Crippen molar-refractivity contribution in [1.29, 1.82) is 0 Å². The first-order valence-electron chi connectivity index (χ1n) is 9.75. The quantitative estimate of drug-likeness (QED) is 0.612. The fourth-order valence-corrected chi connectivity index (χ4v) is 4.00. The van der Waals surface area contributed by atoms with E-state index in [1.54, 1.807) is 0 Å². The van der Waals surface area contributed by atoms with Crippen molar-refractivity contribution < 1.29 is 4.79 Å². The molecule has 0 spiro atoms. The van der Waals surface area contributed by atoms with Gasteiger partial charge in [0, 0.05) is 24.9 Å². The van der Waals surface area contributed by atoms with Gasteiger partial charge in [-0.25, -0.2) is 0 Å². The summed E-state index contributed by atoms with van der Waals surface area (Å²) in [5.41, 5.74) is 5.96. The lowest BCUT2D eigenvalue weighted by molar-refractivity contribution is -0.133. The van der Waals surface area contributed by atoms with E-state index in [0.717, 1.165) is 16.9 Å². The molecule has 0 saturated carbocycles. The average molecular weight is 358 g/mol. The van der Waals surface area contributed by atoms with E-state index in [9.17, 15) is 4.79 Å². The first-order valence-corrected chi connectivity index (χ1v) is 9.75. The minimum absolute atomic E-state index is 0.0823. The Balaban J connectivity index is 1.89. The van der Waals surface area contributed by atoms with E-state index in [1.165, 1.54) is 11.1 Å². The molecule has 2 heterocycles. The van der Waals surface area contributed by atoms with Gasteiger partial charge in [0.15, 0.2) is 0 Å². The van der Waals surface area contributed by atoms with Gasteiger partial charge in [-0.2, -0.15) is 0 Å². The summed E-state index contributed by atoms with van der Waals surface area (Å²) in [6.45, 7) is 6.98. The van der Waals surface area contributed by atoms with Gasteiger partial charge in [0.1, 0.15) is 0 Å². The molecular formula is C24H26N2O. The summed E-state index contributed by atoms with van der Waals surface area (Å²) in [5, 5.41) is 0. The van der Waals surface area contributed by atoms with Crippen molar-refractivity contribution in [1.82, 2.24) is 9.47 Å². The third-order valence-electron chi connectivity index (χ3n) is 5.51. The van der Waals surface area contributed by atoms with Crippen LogP contribution in [0.15, 0.2) is 66.9 Å². The summed E-state index contributed by atoms with van der Waals surface area (Å²) < 4.78 is 2.24. The molecule has 0 N–H and O–H groups in total. The van der Waals surface area contributed by atoms with E-state index >= 15 is 0 Å². The van der Waals surface area contributed by atoms with E-state index in [2.05, 4.69) is 79.2 Å². The third kappa shape index (κ3) is 3.08. The van der Waals surface area contributed by atoms with Crippen molar-refractivity contribution in [3.05, 3.63) is 89.2 Å². The molecule has 2 aromatic carbocycles. The number of amides is 1. The molecule has 1 aromatic heterocycles. The lowest BCUT2D eigenvalue weighted by atomic mass is 9.96. The molecule has 1 amide bonds. The summed E-state index contributed by atoms with van der Waals surface area (Å²) >= 11 is 0. The molecule has 0 fully saturated rings. The van der Waals surface area contributed by atoms with Crippen LogP contribution in [0.1, 0.15) is 61.5 Å². The van der Waals surface area contributed by atoms with E-state index in [0.29, 0.717) is 18.9 Å². The Morgan fingerprint density at radius 3 is 2.48 bits per heavy atom. The fraction of sp³-hybridized carbons (Fsp3) is 0.292. The number of rotatable bonds is 3. The van der Waals surface area contributed by atoms with Crippen LogP contribution in [0.25, 0.3) is 5.69 Å². The molecule has 1 aliphatic rings. The maximum Gasteiger partial charge on any atom is 0.223 e. The number of hydrogen-bond acceptors (Lipinski definition) is 1. The molecule has 4 rings (SSSR count). The van der Waals surface area contributed by atoms with Crippen molar-refractivity contribution >= 4 is 5.91 Å². The van der Waals surface area contributed by atoms with Crippen molar-refractivity contribution in [3.63, 3.8) is 0 Å². The van der Waals surface area contributed by atoms with Crippen molar-refractivity contribution in [2.75, 3.05) is 0 Å². The molecule has 0 radical (unpaired) electrons. The molecule has 0 saturated heterocycles. The standard InChI is InChI=1S/C24H26N2O/c1-4-23(27)26-16-20-8-5-6-9-21(20)25-15-7-10-22(25)24(26)19-13-11-18(12-14-19)17(2)3/h5-15,17,24H,4,16H2,1-3H3/t24-/m1/s1. The first-order chi connectivity index (χ1) is 13.1. The van der Waals surface area contributed by atoms with Crippen LogP contribution in [-0.2, 0) is 11.3 Å². The zero-order valence-electron chi connectivity index (χ0n) is 16.2. The second-order valence-electron chi connectivity index (χ2n) is 7.53. The zero-order chi connectivity index (χ0) is 19.0. The van der Waals surface area contributed by atoms with Crippen LogP contribution < -0.4 is 0 Å². The highest BCUT2D eigenvalue weighted by Crippen LogP contribution is 2.37. The van der Waals surface area contributed by atoms with Gasteiger partial charge >= 0.3 is 0 Å². The van der Waals surface area contributed by atoms with Gasteiger partial charge < -0.3 is 9.47 Å². The maximum atomic E-state index is 12.9. The Labute approximate surface area is 161 Å². The molecule has 138 valence electrons. The molecule has 3 heteroatoms. The number of aromatic nitrogens is 1. The SMILES string of the molecule is CCC(=O)N1Cc2ccccc2-n2cccc2[C@H]1c1ccc(C(C)C)cc1. The molecule has 3 nitrogen and oxygen atoms in total. The highest BCUT2D eigenvalue weighted by molar-refractivity contribution is 5.77. The lowest BCUT2D eigenvalue weighted by Crippen LogP contribution is -2.34. The molecule has 0 unspecified atom stereocenters. The fourth-order valence-electron chi connectivity index (χ4n) is 4.00. The highest BCUT2D eigenvalue weighted by atomic mass is 16.2. The number of carbonyl (C=O) groups is 1. The summed E-state index contributed by atoms with van der Waals surface area (Å²) in [6.07, 6.45) is 2.60. The first kappa shape index (κ1) is 17.6. The van der Waals surface area contributed by atoms with E-state index in [1.807, 2.05) is 17.9 Å². The van der Waals surface area contributed by atoms with Crippen LogP contribution >= 0.6 is 0 Å². The van der Waals surface area contributed by atoms with Crippen LogP contribution in [0.3, 0.4) is 0 Å². The molecule has 27 heavy (non-hydrogen) atoms. The van der Waals surface area contributed by atoms with Gasteiger partial charge in [-0.15, -0.1) is 0 Å². The summed E-state index contributed by atoms with van der Waals surface area (Å²) in [6, 6.07) is 21.3. The maximum absolute atomic E-state index is 12.9. The van der Waals surface area contributed by atoms with E-state index in [-0.39, 0.29) is 11.9 Å². The van der Waals surface area contributed by atoms with Crippen LogP contribution in [0.4, 0.5) is 0 Å². The van der Waals surface area contributed by atoms with Gasteiger partial charge in [-0.05, 0) is 40.8 Å². The Hall–Kier alpha value is -2.81. The normalized spacial score (nSPS) is 16.0. The summed E-state index contributed by atoms with van der Waals surface area (Å²) in [5.74, 6) is 0.673. The number of hydrogen-bond donors (Lipinski definition) is 0. The predicted octanol–water partition coefficient (Wildman–Crippen LogP) is 5.44. The molecule has 1 atom stereocenters. The van der Waals surface area contributed by atoms with Crippen molar-refractivity contribution in [2.24, 2.45) is 0 Å². The van der Waals surface area contributed by atoms with E-state index < -0.39 is 0 Å².